The van der Waals surface area contributed by atoms with Gasteiger partial charge in [-0.2, -0.15) is 0 Å². The zero-order valence-electron chi connectivity index (χ0n) is 13.0. The summed E-state index contributed by atoms with van der Waals surface area (Å²) in [7, 11) is -4.00. The summed E-state index contributed by atoms with van der Waals surface area (Å²) in [6.45, 7) is 3.08. The first-order chi connectivity index (χ1) is 10.8. The second-order valence-electron chi connectivity index (χ2n) is 5.29. The molecule has 0 bridgehead atoms. The number of terminal acetylenes is 1. The summed E-state index contributed by atoms with van der Waals surface area (Å²) < 4.78 is 25.4. The van der Waals surface area contributed by atoms with Crippen molar-refractivity contribution in [1.82, 2.24) is 9.62 Å². The molecule has 1 aliphatic heterocycles. The van der Waals surface area contributed by atoms with Crippen molar-refractivity contribution < 1.29 is 18.0 Å². The Morgan fingerprint density at radius 2 is 1.91 bits per heavy atom. The Labute approximate surface area is 135 Å². The number of nitrogens with zero attached hydrogens (tertiary/aromatic N) is 1. The molecule has 0 radical (unpaired) electrons. The van der Waals surface area contributed by atoms with Crippen LogP contribution in [0.5, 0.6) is 0 Å². The molecule has 1 heterocycles. The number of carbonyl (C=O) groups is 2. The van der Waals surface area contributed by atoms with Gasteiger partial charge >= 0.3 is 0 Å². The second kappa shape index (κ2) is 6.05. The molecule has 0 spiro atoms. The maximum atomic E-state index is 12.4. The summed E-state index contributed by atoms with van der Waals surface area (Å²) in [6.07, 6.45) is 6.48. The third kappa shape index (κ3) is 2.82. The van der Waals surface area contributed by atoms with E-state index < -0.39 is 33.9 Å². The summed E-state index contributed by atoms with van der Waals surface area (Å²) in [4.78, 5) is 24.4. The first kappa shape index (κ1) is 17.0. The van der Waals surface area contributed by atoms with Gasteiger partial charge in [-0.15, -0.1) is 6.42 Å². The van der Waals surface area contributed by atoms with E-state index in [9.17, 15) is 18.0 Å². The molecule has 0 atom stereocenters. The zero-order valence-corrected chi connectivity index (χ0v) is 13.8. The second-order valence-corrected chi connectivity index (χ2v) is 7.13. The fraction of sp³-hybridized carbons (Fsp3) is 0.375. The Hall–Kier alpha value is -2.33. The van der Waals surface area contributed by atoms with Crippen LogP contribution >= 0.6 is 0 Å². The molecule has 1 N–H and O–H groups in total. The summed E-state index contributed by atoms with van der Waals surface area (Å²) in [5.74, 6) is 1.24. The van der Waals surface area contributed by atoms with Gasteiger partial charge in [-0.25, -0.2) is 12.7 Å². The smallest absolute Gasteiger partial charge is 0.269 e. The molecule has 2 rings (SSSR count). The number of hydrogen-bond acceptors (Lipinski definition) is 4. The molecule has 0 saturated heterocycles. The Kier molecular flexibility index (Phi) is 4.48. The van der Waals surface area contributed by atoms with Gasteiger partial charge in [-0.05, 0) is 25.0 Å². The predicted octanol–water partition coefficient (Wildman–Crippen LogP) is 1.14. The molecule has 1 aliphatic rings. The van der Waals surface area contributed by atoms with Crippen molar-refractivity contribution in [3.63, 3.8) is 0 Å². The summed E-state index contributed by atoms with van der Waals surface area (Å²) in [6, 6.07) is 5.89. The van der Waals surface area contributed by atoms with E-state index in [2.05, 4.69) is 11.2 Å². The predicted molar refractivity (Wildman–Crippen MR) is 85.0 cm³/mol. The highest BCUT2D eigenvalue weighted by molar-refractivity contribution is 7.90. The monoisotopic (exact) mass is 334 g/mol. The third-order valence-electron chi connectivity index (χ3n) is 4.06. The van der Waals surface area contributed by atoms with Gasteiger partial charge in [0, 0.05) is 0 Å². The topological polar surface area (TPSA) is 83.6 Å². The number of sulfonamides is 1. The highest BCUT2D eigenvalue weighted by Crippen LogP contribution is 2.29. The highest BCUT2D eigenvalue weighted by atomic mass is 32.2. The van der Waals surface area contributed by atoms with Crippen LogP contribution in [0, 0.1) is 12.3 Å². The van der Waals surface area contributed by atoms with E-state index in [-0.39, 0.29) is 10.5 Å². The average molecular weight is 334 g/mol. The fourth-order valence-electron chi connectivity index (χ4n) is 2.49. The van der Waals surface area contributed by atoms with E-state index in [1.54, 1.807) is 6.07 Å². The Morgan fingerprint density at radius 3 is 2.43 bits per heavy atom. The van der Waals surface area contributed by atoms with Crippen LogP contribution in [0.2, 0.25) is 0 Å². The molecular weight excluding hydrogens is 316 g/mol. The number of benzene rings is 1. The summed E-state index contributed by atoms with van der Waals surface area (Å²) in [5.41, 5.74) is -0.759. The molecule has 1 aromatic carbocycles. The van der Waals surface area contributed by atoms with Gasteiger partial charge in [0.15, 0.2) is 0 Å². The number of hydrogen-bond donors (Lipinski definition) is 1. The van der Waals surface area contributed by atoms with Crippen LogP contribution in [0.3, 0.4) is 0 Å². The lowest BCUT2D eigenvalue weighted by molar-refractivity contribution is -0.122. The van der Waals surface area contributed by atoms with Crippen molar-refractivity contribution in [2.24, 2.45) is 0 Å². The van der Waals surface area contributed by atoms with Crippen LogP contribution in [0.4, 0.5) is 0 Å². The molecule has 122 valence electrons. The fourth-order valence-corrected chi connectivity index (χ4v) is 4.02. The van der Waals surface area contributed by atoms with E-state index in [1.165, 1.54) is 18.2 Å². The van der Waals surface area contributed by atoms with E-state index in [0.29, 0.717) is 17.1 Å². The lowest BCUT2D eigenvalue weighted by Gasteiger charge is -2.28. The van der Waals surface area contributed by atoms with Crippen LogP contribution in [0.25, 0.3) is 0 Å². The molecule has 0 unspecified atom stereocenters. The molecule has 0 aromatic heterocycles. The molecule has 6 nitrogen and oxygen atoms in total. The summed E-state index contributed by atoms with van der Waals surface area (Å²) in [5, 5.41) is 2.66. The van der Waals surface area contributed by atoms with Crippen molar-refractivity contribution >= 4 is 21.8 Å². The minimum absolute atomic E-state index is 0.0769. The first-order valence-electron chi connectivity index (χ1n) is 7.26. The SMILES string of the molecule is C#CC(CC)(CC)NC(=O)CN1C(=O)c2ccccc2S1(=O)=O. The van der Waals surface area contributed by atoms with Gasteiger partial charge in [0.25, 0.3) is 15.9 Å². The van der Waals surface area contributed by atoms with Crippen molar-refractivity contribution in [3.05, 3.63) is 29.8 Å². The Bertz CT molecular complexity index is 789. The molecule has 1 aromatic rings. The van der Waals surface area contributed by atoms with Gasteiger partial charge in [-0.3, -0.25) is 9.59 Å². The van der Waals surface area contributed by atoms with Crippen LogP contribution < -0.4 is 5.32 Å². The van der Waals surface area contributed by atoms with Crippen molar-refractivity contribution in [3.8, 4) is 12.3 Å². The van der Waals surface area contributed by atoms with Crippen molar-refractivity contribution in [2.45, 2.75) is 37.1 Å². The number of amides is 2. The highest BCUT2D eigenvalue weighted by Gasteiger charge is 2.42. The lowest BCUT2D eigenvalue weighted by atomic mass is 9.94. The number of fused-ring (bicyclic) bond motifs is 1. The summed E-state index contributed by atoms with van der Waals surface area (Å²) >= 11 is 0. The van der Waals surface area contributed by atoms with Crippen LogP contribution in [0.15, 0.2) is 29.2 Å². The van der Waals surface area contributed by atoms with E-state index in [0.717, 1.165) is 0 Å². The number of rotatable bonds is 5. The molecule has 2 amide bonds. The minimum Gasteiger partial charge on any atom is -0.338 e. The van der Waals surface area contributed by atoms with E-state index in [1.807, 2.05) is 13.8 Å². The molecular formula is C16H18N2O4S. The standard InChI is InChI=1S/C16H18N2O4S/c1-4-16(5-2,6-3)17-14(19)11-18-15(20)12-9-7-8-10-13(12)23(18,21)22/h1,7-10H,5-6,11H2,2-3H3,(H,17,19). The average Bonchev–Trinajstić information content (AvgIpc) is 2.74. The maximum absolute atomic E-state index is 12.4. The van der Waals surface area contributed by atoms with Gasteiger partial charge in [0.1, 0.15) is 17.0 Å². The van der Waals surface area contributed by atoms with Crippen LogP contribution in [-0.4, -0.2) is 36.6 Å². The number of nitrogens with one attached hydrogen (secondary N) is 1. The molecule has 23 heavy (non-hydrogen) atoms. The number of carbonyl (C=O) groups excluding carboxylic acids is 2. The van der Waals surface area contributed by atoms with Gasteiger partial charge in [-0.1, -0.05) is 31.9 Å². The van der Waals surface area contributed by atoms with Crippen LogP contribution in [-0.2, 0) is 14.8 Å². The third-order valence-corrected chi connectivity index (χ3v) is 5.85. The van der Waals surface area contributed by atoms with E-state index in [4.69, 9.17) is 6.42 Å². The minimum atomic E-state index is -4.00. The first-order valence-corrected chi connectivity index (χ1v) is 8.70. The van der Waals surface area contributed by atoms with E-state index >= 15 is 0 Å². The maximum Gasteiger partial charge on any atom is 0.269 e. The zero-order chi connectivity index (χ0) is 17.3. The molecule has 0 fully saturated rings. The Balaban J connectivity index is 2.24. The largest absolute Gasteiger partial charge is 0.338 e. The quantitative estimate of drug-likeness (QED) is 0.819. The normalized spacial score (nSPS) is 15.9. The Morgan fingerprint density at radius 1 is 1.30 bits per heavy atom. The van der Waals surface area contributed by atoms with Gasteiger partial charge in [0.05, 0.1) is 5.56 Å². The van der Waals surface area contributed by atoms with Crippen LogP contribution in [0.1, 0.15) is 37.0 Å². The molecule has 0 saturated carbocycles. The lowest BCUT2D eigenvalue weighted by Crippen LogP contribution is -2.50. The van der Waals surface area contributed by atoms with Crippen molar-refractivity contribution in [1.29, 1.82) is 0 Å². The van der Waals surface area contributed by atoms with Gasteiger partial charge < -0.3 is 5.32 Å². The van der Waals surface area contributed by atoms with Crippen molar-refractivity contribution in [2.75, 3.05) is 6.54 Å². The molecule has 7 heteroatoms. The van der Waals surface area contributed by atoms with Gasteiger partial charge in [0.2, 0.25) is 5.91 Å². The molecule has 0 aliphatic carbocycles.